The number of hydroxylamine groups is 2. The van der Waals surface area contributed by atoms with Gasteiger partial charge in [-0.05, 0) is 12.8 Å². The largest absolute Gasteiger partial charge is 0.287 e. The lowest BCUT2D eigenvalue weighted by molar-refractivity contribution is -0.0258. The maximum Gasteiger partial charge on any atom is 0.120 e. The van der Waals surface area contributed by atoms with E-state index in [-0.39, 0.29) is 12.4 Å². The van der Waals surface area contributed by atoms with Gasteiger partial charge < -0.3 is 0 Å². The minimum Gasteiger partial charge on any atom is -0.287 e. The first-order chi connectivity index (χ1) is 3.80. The van der Waals surface area contributed by atoms with Crippen LogP contribution >= 0.6 is 12.4 Å². The lowest BCUT2D eigenvalue weighted by Gasteiger charge is -2.21. The Labute approximate surface area is 60.5 Å². The first kappa shape index (κ1) is 8.72. The van der Waals surface area contributed by atoms with Gasteiger partial charge in [-0.25, -0.2) is 5.06 Å². The number of nitrogens with one attached hydrogen (secondary N) is 1. The summed E-state index contributed by atoms with van der Waals surface area (Å²) in [5, 5.41) is 16.9. The summed E-state index contributed by atoms with van der Waals surface area (Å²) in [6.07, 6.45) is 2.80. The fourth-order valence-electron chi connectivity index (χ4n) is 0.818. The molecular formula is C5H11ClN2O. The van der Waals surface area contributed by atoms with E-state index in [2.05, 4.69) is 0 Å². The molecule has 0 aliphatic carbocycles. The normalized spacial score (nSPS) is 19.2. The molecular weight excluding hydrogens is 140 g/mol. The lowest BCUT2D eigenvalue weighted by Crippen LogP contribution is -2.31. The summed E-state index contributed by atoms with van der Waals surface area (Å²) in [5.74, 6) is 0.358. The quantitative estimate of drug-likeness (QED) is 0.546. The van der Waals surface area contributed by atoms with Gasteiger partial charge in [0, 0.05) is 13.0 Å². The fraction of sp³-hybridized carbons (Fsp3) is 0.800. The van der Waals surface area contributed by atoms with Crippen molar-refractivity contribution in [2.24, 2.45) is 0 Å². The van der Waals surface area contributed by atoms with Gasteiger partial charge >= 0.3 is 0 Å². The molecule has 0 bridgehead atoms. The number of piperidine rings is 1. The molecule has 0 aromatic carbocycles. The Bertz CT molecular complexity index is 107. The fourth-order valence-corrected chi connectivity index (χ4v) is 0.818. The highest BCUT2D eigenvalue weighted by Crippen LogP contribution is 2.06. The molecule has 0 radical (unpaired) electrons. The van der Waals surface area contributed by atoms with Gasteiger partial charge in [0.05, 0.1) is 0 Å². The number of amidine groups is 1. The summed E-state index contributed by atoms with van der Waals surface area (Å²) in [6.45, 7) is 0.638. The monoisotopic (exact) mass is 150 g/mol. The molecule has 0 unspecified atom stereocenters. The van der Waals surface area contributed by atoms with Crippen LogP contribution in [0.5, 0.6) is 0 Å². The van der Waals surface area contributed by atoms with E-state index in [0.717, 1.165) is 24.3 Å². The van der Waals surface area contributed by atoms with Crippen LogP contribution in [0.25, 0.3) is 0 Å². The van der Waals surface area contributed by atoms with Crippen molar-refractivity contribution < 1.29 is 5.21 Å². The van der Waals surface area contributed by atoms with Crippen molar-refractivity contribution in [3.05, 3.63) is 0 Å². The van der Waals surface area contributed by atoms with Crippen molar-refractivity contribution in [1.82, 2.24) is 5.06 Å². The highest BCUT2D eigenvalue weighted by molar-refractivity contribution is 5.85. The Hall–Kier alpha value is -0.280. The van der Waals surface area contributed by atoms with Gasteiger partial charge in [-0.3, -0.25) is 10.6 Å². The summed E-state index contributed by atoms with van der Waals surface area (Å²) in [6, 6.07) is 0. The average Bonchev–Trinajstić information content (AvgIpc) is 1.77. The molecule has 0 aromatic rings. The molecule has 9 heavy (non-hydrogen) atoms. The number of nitrogens with zero attached hydrogens (tertiary/aromatic N) is 1. The smallest absolute Gasteiger partial charge is 0.120 e. The highest BCUT2D eigenvalue weighted by Gasteiger charge is 2.10. The molecule has 1 fully saturated rings. The average molecular weight is 151 g/mol. The van der Waals surface area contributed by atoms with Gasteiger partial charge in [0.15, 0.2) is 0 Å². The summed E-state index contributed by atoms with van der Waals surface area (Å²) >= 11 is 0. The molecule has 0 saturated carbocycles. The van der Waals surface area contributed by atoms with E-state index in [4.69, 9.17) is 10.6 Å². The molecule has 0 spiro atoms. The van der Waals surface area contributed by atoms with Crippen LogP contribution in [0.2, 0.25) is 0 Å². The van der Waals surface area contributed by atoms with Crippen molar-refractivity contribution in [3.63, 3.8) is 0 Å². The van der Waals surface area contributed by atoms with Crippen LogP contribution in [0.3, 0.4) is 0 Å². The van der Waals surface area contributed by atoms with E-state index in [1.54, 1.807) is 0 Å². The second-order valence-corrected chi connectivity index (χ2v) is 2.03. The van der Waals surface area contributed by atoms with Crippen molar-refractivity contribution in [3.8, 4) is 0 Å². The van der Waals surface area contributed by atoms with Gasteiger partial charge in [-0.15, -0.1) is 12.4 Å². The molecule has 0 aromatic heterocycles. The van der Waals surface area contributed by atoms with Crippen LogP contribution in [0.1, 0.15) is 19.3 Å². The Balaban J connectivity index is 0.000000640. The van der Waals surface area contributed by atoms with Crippen LogP contribution < -0.4 is 0 Å². The first-order valence-electron chi connectivity index (χ1n) is 2.84. The van der Waals surface area contributed by atoms with Gasteiger partial charge in [0.1, 0.15) is 5.84 Å². The van der Waals surface area contributed by atoms with Gasteiger partial charge in [-0.1, -0.05) is 0 Å². The number of halogens is 1. The SMILES string of the molecule is Cl.N=C1CCCCN1O. The number of rotatable bonds is 0. The van der Waals surface area contributed by atoms with Crippen LogP contribution in [0.15, 0.2) is 0 Å². The third kappa shape index (κ3) is 2.20. The molecule has 1 heterocycles. The third-order valence-electron chi connectivity index (χ3n) is 1.35. The van der Waals surface area contributed by atoms with Crippen molar-refractivity contribution in [2.45, 2.75) is 19.3 Å². The topological polar surface area (TPSA) is 47.3 Å². The molecule has 0 atom stereocenters. The Kier molecular flexibility index (Phi) is 3.58. The molecule has 1 aliphatic heterocycles. The summed E-state index contributed by atoms with van der Waals surface area (Å²) in [4.78, 5) is 0. The molecule has 1 aliphatic rings. The molecule has 1 rings (SSSR count). The van der Waals surface area contributed by atoms with Gasteiger partial charge in [0.2, 0.25) is 0 Å². The zero-order valence-corrected chi connectivity index (χ0v) is 5.95. The van der Waals surface area contributed by atoms with Crippen molar-refractivity contribution >= 4 is 18.2 Å². The van der Waals surface area contributed by atoms with E-state index in [1.165, 1.54) is 0 Å². The van der Waals surface area contributed by atoms with Crippen LogP contribution in [0, 0.1) is 5.41 Å². The van der Waals surface area contributed by atoms with Crippen LogP contribution in [-0.2, 0) is 0 Å². The highest BCUT2D eigenvalue weighted by atomic mass is 35.5. The predicted octanol–water partition coefficient (Wildman–Crippen LogP) is 1.26. The summed E-state index contributed by atoms with van der Waals surface area (Å²) in [5.41, 5.74) is 0. The molecule has 3 nitrogen and oxygen atoms in total. The Morgan fingerprint density at radius 3 is 2.44 bits per heavy atom. The van der Waals surface area contributed by atoms with Crippen molar-refractivity contribution in [1.29, 1.82) is 5.41 Å². The maximum absolute atomic E-state index is 8.79. The predicted molar refractivity (Wildman–Crippen MR) is 37.3 cm³/mol. The van der Waals surface area contributed by atoms with E-state index in [0.29, 0.717) is 12.4 Å². The Morgan fingerprint density at radius 2 is 2.11 bits per heavy atom. The summed E-state index contributed by atoms with van der Waals surface area (Å²) < 4.78 is 0. The second-order valence-electron chi connectivity index (χ2n) is 2.03. The van der Waals surface area contributed by atoms with Crippen LogP contribution in [-0.4, -0.2) is 22.7 Å². The lowest BCUT2D eigenvalue weighted by atomic mass is 10.1. The molecule has 4 heteroatoms. The Morgan fingerprint density at radius 1 is 1.44 bits per heavy atom. The minimum atomic E-state index is 0. The number of hydrogen-bond acceptors (Lipinski definition) is 2. The maximum atomic E-state index is 8.79. The molecule has 2 N–H and O–H groups in total. The molecule has 54 valence electrons. The standard InChI is InChI=1S/C5H10N2O.ClH/c6-5-3-1-2-4-7(5)8;/h6,8H,1-4H2;1H. The third-order valence-corrected chi connectivity index (χ3v) is 1.35. The zero-order valence-electron chi connectivity index (χ0n) is 5.13. The minimum absolute atomic E-state index is 0. The van der Waals surface area contributed by atoms with E-state index in [9.17, 15) is 0 Å². The zero-order chi connectivity index (χ0) is 5.98. The van der Waals surface area contributed by atoms with Gasteiger partial charge in [-0.2, -0.15) is 0 Å². The summed E-state index contributed by atoms with van der Waals surface area (Å²) in [7, 11) is 0. The second kappa shape index (κ2) is 3.69. The molecule has 1 saturated heterocycles. The first-order valence-corrected chi connectivity index (χ1v) is 2.84. The van der Waals surface area contributed by atoms with Crippen molar-refractivity contribution in [2.75, 3.05) is 6.54 Å². The van der Waals surface area contributed by atoms with E-state index >= 15 is 0 Å². The van der Waals surface area contributed by atoms with Gasteiger partial charge in [0.25, 0.3) is 0 Å². The van der Waals surface area contributed by atoms with E-state index < -0.39 is 0 Å². The number of hydrogen-bond donors (Lipinski definition) is 2. The van der Waals surface area contributed by atoms with Crippen LogP contribution in [0.4, 0.5) is 0 Å². The van der Waals surface area contributed by atoms with E-state index in [1.807, 2.05) is 0 Å². The molecule has 0 amide bonds.